The Kier molecular flexibility index (Phi) is 5.79. The highest BCUT2D eigenvalue weighted by Crippen LogP contribution is 2.20. The summed E-state index contributed by atoms with van der Waals surface area (Å²) in [5, 5.41) is 0.463. The first-order valence-corrected chi connectivity index (χ1v) is 8.47. The average molecular weight is 362 g/mol. The van der Waals surface area contributed by atoms with E-state index >= 15 is 0 Å². The molecule has 0 spiro atoms. The highest BCUT2D eigenvalue weighted by Gasteiger charge is 2.26. The van der Waals surface area contributed by atoms with Gasteiger partial charge in [-0.15, -0.1) is 0 Å². The summed E-state index contributed by atoms with van der Waals surface area (Å²) in [6, 6.07) is 14.4. The SMILES string of the molecule is COc1ccc(OCC2CN(C(=O)c3ccccc3Cl)CCO2)cc1. The van der Waals surface area contributed by atoms with E-state index in [0.717, 1.165) is 11.5 Å². The summed E-state index contributed by atoms with van der Waals surface area (Å²) in [5.74, 6) is 1.43. The number of methoxy groups -OCH3 is 1. The first-order chi connectivity index (χ1) is 12.2. The Morgan fingerprint density at radius 1 is 1.20 bits per heavy atom. The number of ether oxygens (including phenoxy) is 3. The first-order valence-electron chi connectivity index (χ1n) is 8.09. The summed E-state index contributed by atoms with van der Waals surface area (Å²) in [7, 11) is 1.62. The van der Waals surface area contributed by atoms with Gasteiger partial charge in [0.25, 0.3) is 5.91 Å². The van der Waals surface area contributed by atoms with Crippen molar-refractivity contribution in [2.45, 2.75) is 6.10 Å². The van der Waals surface area contributed by atoms with Gasteiger partial charge in [-0.2, -0.15) is 0 Å². The molecule has 2 aromatic rings. The summed E-state index contributed by atoms with van der Waals surface area (Å²) in [6.07, 6.45) is -0.178. The molecule has 0 saturated carbocycles. The molecule has 0 aromatic heterocycles. The Morgan fingerprint density at radius 3 is 2.64 bits per heavy atom. The molecule has 1 heterocycles. The molecule has 6 heteroatoms. The second-order valence-electron chi connectivity index (χ2n) is 5.71. The molecule has 1 aliphatic rings. The average Bonchev–Trinajstić information content (AvgIpc) is 2.67. The Balaban J connectivity index is 1.57. The Bertz CT molecular complexity index is 720. The Morgan fingerprint density at radius 2 is 1.92 bits per heavy atom. The van der Waals surface area contributed by atoms with Crippen LogP contribution in [0.3, 0.4) is 0 Å². The van der Waals surface area contributed by atoms with Crippen LogP contribution in [0.15, 0.2) is 48.5 Å². The van der Waals surface area contributed by atoms with E-state index in [9.17, 15) is 4.79 Å². The van der Waals surface area contributed by atoms with Crippen molar-refractivity contribution >= 4 is 17.5 Å². The van der Waals surface area contributed by atoms with Crippen molar-refractivity contribution in [3.63, 3.8) is 0 Å². The van der Waals surface area contributed by atoms with E-state index in [1.807, 2.05) is 36.4 Å². The normalized spacial score (nSPS) is 17.2. The number of rotatable bonds is 5. The second kappa shape index (κ2) is 8.23. The molecule has 0 N–H and O–H groups in total. The quantitative estimate of drug-likeness (QED) is 0.820. The van der Waals surface area contributed by atoms with Crippen LogP contribution in [-0.4, -0.2) is 50.3 Å². The van der Waals surface area contributed by atoms with Crippen molar-refractivity contribution in [2.24, 2.45) is 0 Å². The summed E-state index contributed by atoms with van der Waals surface area (Å²) in [6.45, 7) is 1.87. The van der Waals surface area contributed by atoms with Crippen LogP contribution in [0.1, 0.15) is 10.4 Å². The van der Waals surface area contributed by atoms with Crippen LogP contribution < -0.4 is 9.47 Å². The Hall–Kier alpha value is -2.24. The highest BCUT2D eigenvalue weighted by molar-refractivity contribution is 6.33. The highest BCUT2D eigenvalue weighted by atomic mass is 35.5. The van der Waals surface area contributed by atoms with E-state index < -0.39 is 0 Å². The molecule has 132 valence electrons. The topological polar surface area (TPSA) is 48.0 Å². The van der Waals surface area contributed by atoms with E-state index in [-0.39, 0.29) is 12.0 Å². The van der Waals surface area contributed by atoms with Gasteiger partial charge < -0.3 is 19.1 Å². The zero-order chi connectivity index (χ0) is 17.6. The molecule has 0 bridgehead atoms. The third-order valence-corrected chi connectivity index (χ3v) is 4.36. The summed E-state index contributed by atoms with van der Waals surface area (Å²) in [4.78, 5) is 14.4. The van der Waals surface area contributed by atoms with E-state index in [4.69, 9.17) is 25.8 Å². The van der Waals surface area contributed by atoms with Crippen LogP contribution in [0.25, 0.3) is 0 Å². The maximum atomic E-state index is 12.6. The molecule has 2 aromatic carbocycles. The van der Waals surface area contributed by atoms with Crippen LogP contribution in [0.5, 0.6) is 11.5 Å². The molecule has 1 amide bonds. The molecular formula is C19H20ClNO4. The van der Waals surface area contributed by atoms with Crippen LogP contribution in [-0.2, 0) is 4.74 Å². The lowest BCUT2D eigenvalue weighted by molar-refractivity contribution is -0.0401. The minimum Gasteiger partial charge on any atom is -0.497 e. The van der Waals surface area contributed by atoms with E-state index in [1.54, 1.807) is 24.1 Å². The molecule has 1 fully saturated rings. The van der Waals surface area contributed by atoms with Gasteiger partial charge >= 0.3 is 0 Å². The van der Waals surface area contributed by atoms with Crippen molar-refractivity contribution < 1.29 is 19.0 Å². The number of nitrogens with zero attached hydrogens (tertiary/aromatic N) is 1. The molecule has 0 aliphatic carbocycles. The fourth-order valence-corrected chi connectivity index (χ4v) is 2.89. The molecule has 1 unspecified atom stereocenters. The molecule has 1 atom stereocenters. The number of morpholine rings is 1. The second-order valence-corrected chi connectivity index (χ2v) is 6.12. The van der Waals surface area contributed by atoms with Crippen LogP contribution >= 0.6 is 11.6 Å². The maximum absolute atomic E-state index is 12.6. The van der Waals surface area contributed by atoms with Gasteiger partial charge in [-0.25, -0.2) is 0 Å². The Labute approximate surface area is 152 Å². The zero-order valence-corrected chi connectivity index (χ0v) is 14.7. The number of benzene rings is 2. The predicted octanol–water partition coefficient (Wildman–Crippen LogP) is 3.27. The molecule has 1 aliphatic heterocycles. The molecule has 25 heavy (non-hydrogen) atoms. The molecule has 3 rings (SSSR count). The predicted molar refractivity (Wildman–Crippen MR) is 95.6 cm³/mol. The lowest BCUT2D eigenvalue weighted by Crippen LogP contribution is -2.47. The van der Waals surface area contributed by atoms with Gasteiger partial charge in [0, 0.05) is 6.54 Å². The molecule has 1 saturated heterocycles. The summed E-state index contributed by atoms with van der Waals surface area (Å²) < 4.78 is 16.6. The minimum atomic E-state index is -0.178. The number of amides is 1. The fraction of sp³-hybridized carbons (Fsp3) is 0.316. The van der Waals surface area contributed by atoms with E-state index in [2.05, 4.69) is 0 Å². The number of hydrogen-bond donors (Lipinski definition) is 0. The molecule has 0 radical (unpaired) electrons. The third kappa shape index (κ3) is 4.44. The third-order valence-electron chi connectivity index (χ3n) is 4.03. The van der Waals surface area contributed by atoms with E-state index in [1.165, 1.54) is 0 Å². The monoisotopic (exact) mass is 361 g/mol. The van der Waals surface area contributed by atoms with Gasteiger partial charge in [0.1, 0.15) is 24.2 Å². The first kappa shape index (κ1) is 17.6. The summed E-state index contributed by atoms with van der Waals surface area (Å²) >= 11 is 6.13. The van der Waals surface area contributed by atoms with Gasteiger partial charge in [0.2, 0.25) is 0 Å². The number of hydrogen-bond acceptors (Lipinski definition) is 4. The van der Waals surface area contributed by atoms with Gasteiger partial charge in [0.05, 0.1) is 30.8 Å². The van der Waals surface area contributed by atoms with Gasteiger partial charge in [-0.3, -0.25) is 4.79 Å². The van der Waals surface area contributed by atoms with Crippen LogP contribution in [0.2, 0.25) is 5.02 Å². The van der Waals surface area contributed by atoms with Crippen molar-refractivity contribution in [3.8, 4) is 11.5 Å². The van der Waals surface area contributed by atoms with Crippen molar-refractivity contribution in [2.75, 3.05) is 33.4 Å². The minimum absolute atomic E-state index is 0.0802. The maximum Gasteiger partial charge on any atom is 0.255 e. The smallest absolute Gasteiger partial charge is 0.255 e. The largest absolute Gasteiger partial charge is 0.497 e. The summed E-state index contributed by atoms with van der Waals surface area (Å²) in [5.41, 5.74) is 0.515. The lowest BCUT2D eigenvalue weighted by Gasteiger charge is -2.33. The van der Waals surface area contributed by atoms with Gasteiger partial charge in [-0.05, 0) is 36.4 Å². The van der Waals surface area contributed by atoms with Crippen LogP contribution in [0.4, 0.5) is 0 Å². The molecular weight excluding hydrogens is 342 g/mol. The standard InChI is InChI=1S/C19H20ClNO4/c1-23-14-6-8-15(9-7-14)25-13-16-12-21(10-11-24-16)19(22)17-4-2-3-5-18(17)20/h2-9,16H,10-13H2,1H3. The van der Waals surface area contributed by atoms with Crippen LogP contribution in [0, 0.1) is 0 Å². The van der Waals surface area contributed by atoms with Crippen molar-refractivity contribution in [1.29, 1.82) is 0 Å². The molecule has 5 nitrogen and oxygen atoms in total. The fourth-order valence-electron chi connectivity index (χ4n) is 2.67. The van der Waals surface area contributed by atoms with Crippen molar-refractivity contribution in [3.05, 3.63) is 59.1 Å². The number of halogens is 1. The number of carbonyl (C=O) groups is 1. The van der Waals surface area contributed by atoms with Crippen molar-refractivity contribution in [1.82, 2.24) is 4.90 Å². The van der Waals surface area contributed by atoms with Gasteiger partial charge in [0.15, 0.2) is 0 Å². The van der Waals surface area contributed by atoms with E-state index in [0.29, 0.717) is 36.9 Å². The number of carbonyl (C=O) groups excluding carboxylic acids is 1. The zero-order valence-electron chi connectivity index (χ0n) is 14.0. The van der Waals surface area contributed by atoms with Gasteiger partial charge in [-0.1, -0.05) is 23.7 Å². The lowest BCUT2D eigenvalue weighted by atomic mass is 10.1.